The van der Waals surface area contributed by atoms with Gasteiger partial charge in [0.2, 0.25) is 0 Å². The van der Waals surface area contributed by atoms with Gasteiger partial charge in [-0.3, -0.25) is 0 Å². The number of unbranched alkanes of at least 4 members (excludes halogenated alkanes) is 4. The van der Waals surface area contributed by atoms with E-state index < -0.39 is 18.1 Å². The van der Waals surface area contributed by atoms with E-state index in [2.05, 4.69) is 55.4 Å². The maximum absolute atomic E-state index is 5.98. The van der Waals surface area contributed by atoms with Crippen molar-refractivity contribution >= 4 is 18.1 Å². The summed E-state index contributed by atoms with van der Waals surface area (Å²) in [5, 5.41) is 0. The zero-order chi connectivity index (χ0) is 28.8. The first kappa shape index (κ1) is 40.3. The number of rotatable bonds is 28. The summed E-state index contributed by atoms with van der Waals surface area (Å²) in [5.41, 5.74) is 0. The molecule has 0 saturated heterocycles. The molecule has 0 rings (SSSR count). The van der Waals surface area contributed by atoms with Crippen molar-refractivity contribution in [3.05, 3.63) is 0 Å². The topological polar surface area (TPSA) is 73.8 Å². The molecule has 0 N–H and O–H groups in total. The Balaban J connectivity index is 0. The molecular weight excluding hydrogens is 520 g/mol. The van der Waals surface area contributed by atoms with Crippen molar-refractivity contribution < 1.29 is 35.4 Å². The van der Waals surface area contributed by atoms with E-state index in [0.717, 1.165) is 77.0 Å². The summed E-state index contributed by atoms with van der Waals surface area (Å²) in [4.78, 5) is 0. The minimum absolute atomic E-state index is 0.628. The summed E-state index contributed by atoms with van der Waals surface area (Å²) in [7, 11) is -5.82. The second-order valence-corrected chi connectivity index (χ2v) is 13.5. The van der Waals surface area contributed by atoms with Crippen LogP contribution in [-0.2, 0) is 35.4 Å². The highest BCUT2D eigenvalue weighted by Crippen LogP contribution is 2.16. The van der Waals surface area contributed by atoms with Crippen LogP contribution in [0.3, 0.4) is 0 Å². The molecule has 0 fully saturated rings. The van der Waals surface area contributed by atoms with Gasteiger partial charge in [-0.05, 0) is 51.4 Å². The highest BCUT2D eigenvalue weighted by atomic mass is 28.4. The Labute approximate surface area is 238 Å². The lowest BCUT2D eigenvalue weighted by molar-refractivity contribution is -0.0371. The normalized spacial score (nSPS) is 12.0. The monoisotopic (exact) mass is 584 g/mol. The summed E-state index contributed by atoms with van der Waals surface area (Å²) < 4.78 is 47.0. The predicted octanol–water partition coefficient (Wildman–Crippen LogP) is 7.82. The first-order valence-electron chi connectivity index (χ1n) is 15.6. The van der Waals surface area contributed by atoms with Crippen LogP contribution in [0.25, 0.3) is 0 Å². The van der Waals surface area contributed by atoms with Gasteiger partial charge in [0.1, 0.15) is 0 Å². The molecule has 0 aliphatic rings. The fraction of sp³-hybridized carbons (Fsp3) is 1.00. The van der Waals surface area contributed by atoms with Crippen LogP contribution < -0.4 is 0 Å². The molecule has 0 aromatic carbocycles. The standard InChI is InChI=1S/C16H36O4Si.C12H28O4Si/c1-5-9-13-17-21(18-14-10-6-2,19-15-11-7-3)20-16-12-8-4;1-5-9-13-17(14-10-6-2,15-11-7-3)16-12-8-4/h5-16H2,1-4H3;5-12H2,1-4H3. The lowest BCUT2D eigenvalue weighted by Crippen LogP contribution is -2.50. The van der Waals surface area contributed by atoms with E-state index in [9.17, 15) is 0 Å². The first-order chi connectivity index (χ1) is 18.5. The molecule has 0 aliphatic carbocycles. The van der Waals surface area contributed by atoms with E-state index in [-0.39, 0.29) is 0 Å². The van der Waals surface area contributed by atoms with Crippen LogP contribution in [0, 0.1) is 0 Å². The molecule has 0 saturated carbocycles. The molecule has 38 heavy (non-hydrogen) atoms. The second kappa shape index (κ2) is 30.1. The van der Waals surface area contributed by atoms with Gasteiger partial charge < -0.3 is 35.4 Å². The molecule has 232 valence electrons. The summed E-state index contributed by atoms with van der Waals surface area (Å²) in [6.07, 6.45) is 12.2. The third-order valence-corrected chi connectivity index (χ3v) is 9.50. The maximum atomic E-state index is 5.98. The van der Waals surface area contributed by atoms with Crippen molar-refractivity contribution in [1.29, 1.82) is 0 Å². The fourth-order valence-electron chi connectivity index (χ4n) is 2.77. The van der Waals surface area contributed by atoms with Gasteiger partial charge in [-0.1, -0.05) is 81.1 Å². The third kappa shape index (κ3) is 22.9. The molecule has 0 aromatic rings. The van der Waals surface area contributed by atoms with Crippen LogP contribution in [0.5, 0.6) is 0 Å². The molecule has 0 bridgehead atoms. The van der Waals surface area contributed by atoms with Crippen molar-refractivity contribution in [1.82, 2.24) is 0 Å². The van der Waals surface area contributed by atoms with E-state index in [1.54, 1.807) is 0 Å². The molecule has 0 radical (unpaired) electrons. The predicted molar refractivity (Wildman–Crippen MR) is 160 cm³/mol. The average molecular weight is 585 g/mol. The first-order valence-corrected chi connectivity index (χ1v) is 18.9. The zero-order valence-electron chi connectivity index (χ0n) is 26.4. The van der Waals surface area contributed by atoms with Crippen molar-refractivity contribution in [2.75, 3.05) is 52.9 Å². The molecule has 0 atom stereocenters. The van der Waals surface area contributed by atoms with Gasteiger partial charge in [0.05, 0.1) is 0 Å². The Bertz CT molecular complexity index is 378. The van der Waals surface area contributed by atoms with Crippen LogP contribution in [0.15, 0.2) is 0 Å². The SMILES string of the molecule is CCCCO[Si](OCCCC)(OCCCC)OCCCC.CCCO[Si](OCCC)(OCCC)OCCC. The van der Waals surface area contributed by atoms with Crippen LogP contribution in [0.1, 0.15) is 132 Å². The second-order valence-electron chi connectivity index (χ2n) is 9.20. The van der Waals surface area contributed by atoms with E-state index in [4.69, 9.17) is 35.4 Å². The average Bonchev–Trinajstić information content (AvgIpc) is 2.93. The van der Waals surface area contributed by atoms with Crippen LogP contribution >= 0.6 is 0 Å². The number of hydrogen-bond donors (Lipinski definition) is 0. The number of hydrogen-bond acceptors (Lipinski definition) is 8. The summed E-state index contributed by atoms with van der Waals surface area (Å²) >= 11 is 0. The Morgan fingerprint density at radius 2 is 0.447 bits per heavy atom. The van der Waals surface area contributed by atoms with Crippen molar-refractivity contribution in [3.8, 4) is 0 Å². The lowest BCUT2D eigenvalue weighted by Gasteiger charge is -2.28. The van der Waals surface area contributed by atoms with Gasteiger partial charge >= 0.3 is 18.1 Å². The Morgan fingerprint density at radius 1 is 0.263 bits per heavy atom. The van der Waals surface area contributed by atoms with Crippen LogP contribution in [0.4, 0.5) is 0 Å². The largest absolute Gasteiger partial charge is 0.679 e. The minimum atomic E-state index is -2.94. The summed E-state index contributed by atoms with van der Waals surface area (Å²) in [5.74, 6) is 0. The van der Waals surface area contributed by atoms with Gasteiger partial charge in [0.25, 0.3) is 0 Å². The van der Waals surface area contributed by atoms with Gasteiger partial charge in [-0.25, -0.2) is 0 Å². The molecule has 8 nitrogen and oxygen atoms in total. The molecule has 10 heteroatoms. The van der Waals surface area contributed by atoms with Gasteiger partial charge in [0, 0.05) is 52.9 Å². The molecule has 0 aromatic heterocycles. The quantitative estimate of drug-likeness (QED) is 0.0681. The van der Waals surface area contributed by atoms with Crippen molar-refractivity contribution in [2.45, 2.75) is 132 Å². The molecule has 0 heterocycles. The Kier molecular flexibility index (Phi) is 31.9. The van der Waals surface area contributed by atoms with E-state index in [1.807, 2.05) is 0 Å². The maximum Gasteiger partial charge on any atom is 0.679 e. The zero-order valence-corrected chi connectivity index (χ0v) is 28.4. The molecular formula is C28H64O8Si2. The highest BCUT2D eigenvalue weighted by molar-refractivity contribution is 6.53. The van der Waals surface area contributed by atoms with E-state index >= 15 is 0 Å². The Morgan fingerprint density at radius 3 is 0.605 bits per heavy atom. The van der Waals surface area contributed by atoms with Gasteiger partial charge in [-0.2, -0.15) is 0 Å². The molecule has 0 spiro atoms. The van der Waals surface area contributed by atoms with Gasteiger partial charge in [-0.15, -0.1) is 0 Å². The molecule has 0 unspecified atom stereocenters. The molecule has 0 amide bonds. The minimum Gasteiger partial charge on any atom is -0.351 e. The van der Waals surface area contributed by atoms with E-state index in [0.29, 0.717) is 52.9 Å². The van der Waals surface area contributed by atoms with Gasteiger partial charge in [0.15, 0.2) is 0 Å². The van der Waals surface area contributed by atoms with Crippen molar-refractivity contribution in [2.24, 2.45) is 0 Å². The van der Waals surface area contributed by atoms with Crippen LogP contribution in [-0.4, -0.2) is 71.0 Å². The Hall–Kier alpha value is 0.114. The molecule has 0 aliphatic heterocycles. The van der Waals surface area contributed by atoms with Crippen molar-refractivity contribution in [3.63, 3.8) is 0 Å². The summed E-state index contributed by atoms with van der Waals surface area (Å²) in [6, 6.07) is 0. The third-order valence-electron chi connectivity index (χ3n) is 5.04. The summed E-state index contributed by atoms with van der Waals surface area (Å²) in [6.45, 7) is 22.0. The smallest absolute Gasteiger partial charge is 0.351 e. The van der Waals surface area contributed by atoms with Crippen LogP contribution in [0.2, 0.25) is 0 Å². The lowest BCUT2D eigenvalue weighted by atomic mass is 10.4. The van der Waals surface area contributed by atoms with E-state index in [1.165, 1.54) is 0 Å². The fourth-order valence-corrected chi connectivity index (χ4v) is 7.17. The highest BCUT2D eigenvalue weighted by Gasteiger charge is 2.46.